The van der Waals surface area contributed by atoms with Gasteiger partial charge in [0.25, 0.3) is 0 Å². The first-order valence-electron chi connectivity index (χ1n) is 9.62. The first-order valence-corrected chi connectivity index (χ1v) is 12.3. The molecule has 34 heavy (non-hydrogen) atoms. The van der Waals surface area contributed by atoms with E-state index in [0.29, 0.717) is 4.90 Å². The molecule has 0 saturated carbocycles. The van der Waals surface area contributed by atoms with Crippen LogP contribution in [0.2, 0.25) is 0 Å². The molecule has 4 rings (SSSR count). The summed E-state index contributed by atoms with van der Waals surface area (Å²) in [7, 11) is -6.47. The Morgan fingerprint density at radius 1 is 0.647 bits per heavy atom. The maximum Gasteiger partial charge on any atom is 0.205 e. The Labute approximate surface area is 195 Å². The van der Waals surface area contributed by atoms with E-state index in [1.54, 1.807) is 6.07 Å². The zero-order valence-corrected chi connectivity index (χ0v) is 18.7. The topological polar surface area (TPSA) is 66.4 Å². The lowest BCUT2D eigenvalue weighted by Crippen LogP contribution is -2.11. The molecule has 10 heteroatoms. The van der Waals surface area contributed by atoms with E-state index in [0.717, 1.165) is 9.79 Å². The van der Waals surface area contributed by atoms with Crippen LogP contribution in [0.25, 0.3) is 0 Å². The third-order valence-corrected chi connectivity index (χ3v) is 7.72. The Balaban J connectivity index is 1.79. The highest BCUT2D eigenvalue weighted by Gasteiger charge is 2.32. The molecule has 0 amide bonds. The van der Waals surface area contributed by atoms with Crippen LogP contribution in [0, 0.1) is 23.3 Å². The van der Waals surface area contributed by atoms with Crippen molar-refractivity contribution in [2.45, 2.75) is 19.6 Å². The van der Waals surface area contributed by atoms with E-state index in [-0.39, 0.29) is 5.75 Å². The van der Waals surface area contributed by atoms with Crippen LogP contribution >= 0.6 is 0 Å². The molecular weight excluding hydrogens is 492 g/mol. The van der Waals surface area contributed by atoms with E-state index < -0.39 is 54.9 Å². The third-order valence-electron chi connectivity index (χ3n) is 4.65. The van der Waals surface area contributed by atoms with Crippen molar-refractivity contribution in [2.24, 2.45) is 0 Å². The molecule has 0 N–H and O–H groups in total. The smallest absolute Gasteiger partial charge is 0.205 e. The minimum atomic E-state index is -5.81. The Bertz CT molecular complexity index is 1380. The minimum absolute atomic E-state index is 0.156. The summed E-state index contributed by atoms with van der Waals surface area (Å²) in [5.74, 6) is -10.6. The molecule has 174 valence electrons. The van der Waals surface area contributed by atoms with E-state index in [9.17, 15) is 30.5 Å². The van der Waals surface area contributed by atoms with Gasteiger partial charge in [-0.25, -0.2) is 17.2 Å². The van der Waals surface area contributed by atoms with Crippen LogP contribution in [-0.4, -0.2) is 13.0 Å². The second-order valence-corrected chi connectivity index (χ2v) is 10.2. The number of hydrogen-bond donors (Lipinski definition) is 0. The van der Waals surface area contributed by atoms with Gasteiger partial charge in [-0.15, -0.1) is 0 Å². The summed E-state index contributed by atoms with van der Waals surface area (Å²) in [6, 6.07) is 24.9. The molecule has 0 spiro atoms. The summed E-state index contributed by atoms with van der Waals surface area (Å²) >= 11 is 0. The second kappa shape index (κ2) is 9.49. The molecule has 0 aliphatic carbocycles. The molecule has 0 radical (unpaired) electrons. The number of ether oxygens (including phenoxy) is 1. The van der Waals surface area contributed by atoms with E-state index >= 15 is 0 Å². The van der Waals surface area contributed by atoms with Crippen LogP contribution in [0.15, 0.2) is 105 Å². The molecular formula is C24H14F4O4S2. The van der Waals surface area contributed by atoms with Crippen molar-refractivity contribution in [2.75, 3.05) is 0 Å². The van der Waals surface area contributed by atoms with E-state index in [2.05, 4.69) is 0 Å². The zero-order chi connectivity index (χ0) is 24.5. The third kappa shape index (κ3) is 4.65. The van der Waals surface area contributed by atoms with Crippen molar-refractivity contribution < 1.29 is 35.3 Å². The van der Waals surface area contributed by atoms with Crippen molar-refractivity contribution in [1.82, 2.24) is 0 Å². The maximum atomic E-state index is 14.4. The fourth-order valence-electron chi connectivity index (χ4n) is 3.20. The van der Waals surface area contributed by atoms with Crippen molar-refractivity contribution in [3.63, 3.8) is 0 Å². The molecule has 4 nitrogen and oxygen atoms in total. The summed E-state index contributed by atoms with van der Waals surface area (Å²) in [6.07, 6.45) is 0. The van der Waals surface area contributed by atoms with Gasteiger partial charge in [0.2, 0.25) is 17.4 Å². The first kappa shape index (κ1) is 23.8. The van der Waals surface area contributed by atoms with E-state index in [1.165, 1.54) is 18.2 Å². The lowest BCUT2D eigenvalue weighted by molar-refractivity contribution is 0.345. The average Bonchev–Trinajstić information content (AvgIpc) is 2.82. The minimum Gasteiger partial charge on any atom is -0.744 e. The van der Waals surface area contributed by atoms with Gasteiger partial charge in [-0.05, 0) is 36.4 Å². The molecule has 4 aromatic carbocycles. The SMILES string of the molecule is O=S(=O)([O-])c1c(F)c(F)c(Oc2cccc([S+](c3ccccc3)c3ccccc3)c2)c(F)c1F. The van der Waals surface area contributed by atoms with Gasteiger partial charge in [0, 0.05) is 6.07 Å². The highest BCUT2D eigenvalue weighted by Crippen LogP contribution is 2.37. The molecule has 0 heterocycles. The van der Waals surface area contributed by atoms with E-state index in [1.807, 2.05) is 60.7 Å². The van der Waals surface area contributed by atoms with Crippen LogP contribution in [0.1, 0.15) is 0 Å². The standard InChI is InChI=1S/C24H14F4O4S2/c25-19-21(27)24(34(29,30)31)22(28)20(26)23(19)32-15-8-7-13-18(14-15)33(16-9-3-1-4-10-16)17-11-5-2-6-12-17/h1-14H. The van der Waals surface area contributed by atoms with Gasteiger partial charge in [-0.1, -0.05) is 42.5 Å². The van der Waals surface area contributed by atoms with Crippen LogP contribution in [0.3, 0.4) is 0 Å². The number of rotatable bonds is 6. The molecule has 0 fully saturated rings. The molecule has 0 aliphatic heterocycles. The van der Waals surface area contributed by atoms with Crippen molar-refractivity contribution in [1.29, 1.82) is 0 Å². The zero-order valence-electron chi connectivity index (χ0n) is 17.0. The number of hydrogen-bond acceptors (Lipinski definition) is 4. The summed E-state index contributed by atoms with van der Waals surface area (Å²) in [5, 5.41) is 0. The quantitative estimate of drug-likeness (QED) is 0.139. The van der Waals surface area contributed by atoms with Crippen molar-refractivity contribution >= 4 is 21.0 Å². The lowest BCUT2D eigenvalue weighted by atomic mass is 10.2. The number of halogens is 4. The summed E-state index contributed by atoms with van der Waals surface area (Å²) < 4.78 is 95.2. The molecule has 0 aliphatic rings. The van der Waals surface area contributed by atoms with Crippen LogP contribution < -0.4 is 4.74 Å². The molecule has 0 atom stereocenters. The average molecular weight is 506 g/mol. The summed E-state index contributed by atoms with van der Waals surface area (Å²) in [6.45, 7) is 0. The lowest BCUT2D eigenvalue weighted by Gasteiger charge is -2.15. The first-order chi connectivity index (χ1) is 16.2. The van der Waals surface area contributed by atoms with Gasteiger partial charge in [-0.3, -0.25) is 0 Å². The Morgan fingerprint density at radius 3 is 1.59 bits per heavy atom. The van der Waals surface area contributed by atoms with Gasteiger partial charge < -0.3 is 9.29 Å². The monoisotopic (exact) mass is 506 g/mol. The Kier molecular flexibility index (Phi) is 6.65. The van der Waals surface area contributed by atoms with Gasteiger partial charge in [0.1, 0.15) is 20.8 Å². The van der Waals surface area contributed by atoms with Gasteiger partial charge in [0.05, 0.1) is 10.9 Å². The highest BCUT2D eigenvalue weighted by molar-refractivity contribution is 7.97. The maximum absolute atomic E-state index is 14.4. The number of benzene rings is 4. The molecule has 0 aromatic heterocycles. The van der Waals surface area contributed by atoms with E-state index in [4.69, 9.17) is 4.74 Å². The molecule has 4 aromatic rings. The second-order valence-electron chi connectivity index (χ2n) is 6.88. The fraction of sp³-hybridized carbons (Fsp3) is 0. The normalized spacial score (nSPS) is 11.6. The van der Waals surface area contributed by atoms with Crippen LogP contribution in [-0.2, 0) is 21.0 Å². The van der Waals surface area contributed by atoms with Gasteiger partial charge >= 0.3 is 0 Å². The Morgan fingerprint density at radius 2 is 1.12 bits per heavy atom. The van der Waals surface area contributed by atoms with Crippen LogP contribution in [0.5, 0.6) is 11.5 Å². The summed E-state index contributed by atoms with van der Waals surface area (Å²) in [4.78, 5) is 0.310. The fourth-order valence-corrected chi connectivity index (χ4v) is 5.95. The van der Waals surface area contributed by atoms with Crippen LogP contribution in [0.4, 0.5) is 17.6 Å². The predicted octanol–water partition coefficient (Wildman–Crippen LogP) is 6.03. The molecule has 0 unspecified atom stereocenters. The largest absolute Gasteiger partial charge is 0.744 e. The molecule has 0 bridgehead atoms. The highest BCUT2D eigenvalue weighted by atomic mass is 32.2. The molecule has 0 saturated heterocycles. The van der Waals surface area contributed by atoms with Gasteiger partial charge in [0.15, 0.2) is 26.3 Å². The Hall–Kier alpha value is -3.34. The predicted molar refractivity (Wildman–Crippen MR) is 116 cm³/mol. The van der Waals surface area contributed by atoms with Crippen molar-refractivity contribution in [3.05, 3.63) is 108 Å². The van der Waals surface area contributed by atoms with Crippen molar-refractivity contribution in [3.8, 4) is 11.5 Å². The summed E-state index contributed by atoms with van der Waals surface area (Å²) in [5.41, 5.74) is 0. The van der Waals surface area contributed by atoms with Gasteiger partial charge in [-0.2, -0.15) is 8.78 Å².